The van der Waals surface area contributed by atoms with Crippen molar-refractivity contribution >= 4 is 29.0 Å². The molecule has 0 radical (unpaired) electrons. The second-order valence-corrected chi connectivity index (χ2v) is 7.17. The first-order chi connectivity index (χ1) is 13.6. The van der Waals surface area contributed by atoms with Gasteiger partial charge < -0.3 is 10.3 Å². The molecular weight excluding hydrogens is 372 g/mol. The van der Waals surface area contributed by atoms with Crippen molar-refractivity contribution in [1.82, 2.24) is 19.9 Å². The molecule has 146 valence electrons. The lowest BCUT2D eigenvalue weighted by atomic mass is 10.1. The van der Waals surface area contributed by atoms with Gasteiger partial charge in [-0.1, -0.05) is 24.6 Å². The van der Waals surface area contributed by atoms with E-state index in [0.29, 0.717) is 23.1 Å². The van der Waals surface area contributed by atoms with Gasteiger partial charge in [-0.3, -0.25) is 19.1 Å². The zero-order valence-electron chi connectivity index (χ0n) is 15.9. The van der Waals surface area contributed by atoms with Crippen LogP contribution in [0.25, 0.3) is 10.9 Å². The number of nitrogens with one attached hydrogen (secondary N) is 2. The molecule has 7 heteroatoms. The van der Waals surface area contributed by atoms with E-state index in [1.54, 1.807) is 16.8 Å². The van der Waals surface area contributed by atoms with Crippen LogP contribution in [-0.4, -0.2) is 20.4 Å². The van der Waals surface area contributed by atoms with Gasteiger partial charge in [0.15, 0.2) is 4.77 Å². The van der Waals surface area contributed by atoms with Crippen LogP contribution >= 0.6 is 12.2 Å². The third-order valence-electron chi connectivity index (χ3n) is 4.68. The summed E-state index contributed by atoms with van der Waals surface area (Å²) < 4.78 is 2.03. The van der Waals surface area contributed by atoms with Gasteiger partial charge in [0, 0.05) is 19.2 Å². The number of aromatic amines is 1. The molecule has 3 aromatic rings. The third-order valence-corrected chi connectivity index (χ3v) is 5.01. The Hall–Kier alpha value is -2.80. The molecule has 28 heavy (non-hydrogen) atoms. The molecule has 0 aliphatic rings. The van der Waals surface area contributed by atoms with E-state index in [9.17, 15) is 9.59 Å². The molecule has 0 aliphatic carbocycles. The second-order valence-electron chi connectivity index (χ2n) is 6.79. The molecule has 2 heterocycles. The van der Waals surface area contributed by atoms with Gasteiger partial charge in [0.2, 0.25) is 5.91 Å². The van der Waals surface area contributed by atoms with Crippen molar-refractivity contribution in [2.75, 3.05) is 0 Å². The number of hydrogen-bond donors (Lipinski definition) is 2. The smallest absolute Gasteiger partial charge is 0.262 e. The van der Waals surface area contributed by atoms with Crippen LogP contribution in [0.4, 0.5) is 0 Å². The van der Waals surface area contributed by atoms with Crippen LogP contribution in [-0.2, 0) is 11.3 Å². The lowest BCUT2D eigenvalue weighted by Gasteiger charge is -2.13. The van der Waals surface area contributed by atoms with Crippen LogP contribution in [0.1, 0.15) is 44.3 Å². The number of rotatable bonds is 8. The summed E-state index contributed by atoms with van der Waals surface area (Å²) in [5.41, 5.74) is 1.54. The molecule has 1 aromatic carbocycles. The first-order valence-corrected chi connectivity index (χ1v) is 9.89. The van der Waals surface area contributed by atoms with Crippen LogP contribution in [0.2, 0.25) is 0 Å². The Balaban J connectivity index is 1.46. The van der Waals surface area contributed by atoms with Crippen molar-refractivity contribution in [1.29, 1.82) is 0 Å². The number of aromatic nitrogens is 3. The number of H-pyrrole nitrogens is 1. The van der Waals surface area contributed by atoms with E-state index in [1.807, 2.05) is 43.3 Å². The molecule has 2 aromatic heterocycles. The largest absolute Gasteiger partial charge is 0.348 e. The van der Waals surface area contributed by atoms with Crippen LogP contribution in [0.15, 0.2) is 53.5 Å². The highest BCUT2D eigenvalue weighted by Gasteiger charge is 2.10. The normalized spacial score (nSPS) is 12.0. The van der Waals surface area contributed by atoms with Crippen molar-refractivity contribution in [2.24, 2.45) is 0 Å². The van der Waals surface area contributed by atoms with Crippen LogP contribution < -0.4 is 10.9 Å². The zero-order valence-corrected chi connectivity index (χ0v) is 16.7. The Morgan fingerprint density at radius 2 is 1.96 bits per heavy atom. The number of carbonyl (C=O) groups excluding carboxylic acids is 1. The summed E-state index contributed by atoms with van der Waals surface area (Å²) in [6.45, 7) is 2.47. The van der Waals surface area contributed by atoms with Gasteiger partial charge >= 0.3 is 0 Å². The van der Waals surface area contributed by atoms with E-state index < -0.39 is 0 Å². The fourth-order valence-corrected chi connectivity index (χ4v) is 3.44. The Morgan fingerprint density at radius 1 is 1.18 bits per heavy atom. The summed E-state index contributed by atoms with van der Waals surface area (Å²) in [6.07, 6.45) is 4.58. The number of amides is 1. The molecular formula is C21H24N4O2S. The van der Waals surface area contributed by atoms with Crippen molar-refractivity contribution in [3.8, 4) is 0 Å². The van der Waals surface area contributed by atoms with Crippen molar-refractivity contribution < 1.29 is 4.79 Å². The molecule has 6 nitrogen and oxygen atoms in total. The van der Waals surface area contributed by atoms with Gasteiger partial charge in [0.1, 0.15) is 0 Å². The number of fused-ring (bicyclic) bond motifs is 1. The Labute approximate surface area is 168 Å². The van der Waals surface area contributed by atoms with Crippen LogP contribution in [0, 0.1) is 4.77 Å². The Morgan fingerprint density at radius 3 is 2.75 bits per heavy atom. The van der Waals surface area contributed by atoms with Crippen molar-refractivity contribution in [2.45, 2.75) is 45.2 Å². The first kappa shape index (κ1) is 19.9. The maximum atomic E-state index is 12.6. The SMILES string of the molecule is CC(NC(=O)CCCCCn1c(=S)[nH]c2ccccc2c1=O)c1ccccn1. The highest BCUT2D eigenvalue weighted by atomic mass is 32.1. The molecule has 0 aliphatic heterocycles. The number of para-hydroxylation sites is 1. The molecule has 0 saturated carbocycles. The Kier molecular flexibility index (Phi) is 6.71. The van der Waals surface area contributed by atoms with Crippen molar-refractivity contribution in [3.05, 3.63) is 69.5 Å². The van der Waals surface area contributed by atoms with E-state index >= 15 is 0 Å². The van der Waals surface area contributed by atoms with Crippen molar-refractivity contribution in [3.63, 3.8) is 0 Å². The molecule has 1 atom stereocenters. The van der Waals surface area contributed by atoms with Gasteiger partial charge in [-0.25, -0.2) is 0 Å². The molecule has 0 bridgehead atoms. The summed E-state index contributed by atoms with van der Waals surface area (Å²) in [5.74, 6) is 0.0123. The number of carbonyl (C=O) groups is 1. The van der Waals surface area contributed by atoms with Crippen LogP contribution in [0.3, 0.4) is 0 Å². The van der Waals surface area contributed by atoms with Gasteiger partial charge in [-0.15, -0.1) is 0 Å². The van der Waals surface area contributed by atoms with E-state index in [2.05, 4.69) is 15.3 Å². The first-order valence-electron chi connectivity index (χ1n) is 9.48. The summed E-state index contributed by atoms with van der Waals surface area (Å²) in [4.78, 5) is 32.0. The number of nitrogens with zero attached hydrogens (tertiary/aromatic N) is 2. The van der Waals surface area contributed by atoms with E-state index in [4.69, 9.17) is 12.2 Å². The van der Waals surface area contributed by atoms with E-state index in [1.165, 1.54) is 0 Å². The zero-order chi connectivity index (χ0) is 19.9. The molecule has 0 spiro atoms. The number of unbranched alkanes of at least 4 members (excludes halogenated alkanes) is 2. The minimum absolute atomic E-state index is 0.0123. The standard InChI is InChI=1S/C21H24N4O2S/c1-15(17-10-6-7-13-22-17)23-19(26)12-3-2-8-14-25-20(27)16-9-4-5-11-18(16)24-21(25)28/h4-7,9-11,13,15H,2-3,8,12,14H2,1H3,(H,23,26)(H,24,28). The topological polar surface area (TPSA) is 79.8 Å². The summed E-state index contributed by atoms with van der Waals surface area (Å²) in [5, 5.41) is 3.60. The fraction of sp³-hybridized carbons (Fsp3) is 0.333. The molecule has 2 N–H and O–H groups in total. The molecule has 1 amide bonds. The highest BCUT2D eigenvalue weighted by molar-refractivity contribution is 7.71. The minimum atomic E-state index is -0.108. The fourth-order valence-electron chi connectivity index (χ4n) is 3.15. The molecule has 0 saturated heterocycles. The maximum absolute atomic E-state index is 12.6. The lowest BCUT2D eigenvalue weighted by Crippen LogP contribution is -2.26. The summed E-state index contributed by atoms with van der Waals surface area (Å²) in [7, 11) is 0. The molecule has 1 unspecified atom stereocenters. The number of hydrogen-bond acceptors (Lipinski definition) is 4. The van der Waals surface area contributed by atoms with E-state index in [0.717, 1.165) is 30.5 Å². The van der Waals surface area contributed by atoms with E-state index in [-0.39, 0.29) is 17.5 Å². The van der Waals surface area contributed by atoms with Crippen LogP contribution in [0.5, 0.6) is 0 Å². The van der Waals surface area contributed by atoms with Gasteiger partial charge in [-0.05, 0) is 56.2 Å². The monoisotopic (exact) mass is 396 g/mol. The number of pyridine rings is 1. The quantitative estimate of drug-likeness (QED) is 0.447. The lowest BCUT2D eigenvalue weighted by molar-refractivity contribution is -0.121. The second kappa shape index (κ2) is 9.41. The average molecular weight is 397 g/mol. The predicted octanol–water partition coefficient (Wildman–Crippen LogP) is 3.89. The van der Waals surface area contributed by atoms with Gasteiger partial charge in [-0.2, -0.15) is 0 Å². The Bertz CT molecular complexity index is 1060. The maximum Gasteiger partial charge on any atom is 0.262 e. The molecule has 0 fully saturated rings. The van der Waals surface area contributed by atoms with Gasteiger partial charge in [0.25, 0.3) is 5.56 Å². The minimum Gasteiger partial charge on any atom is -0.348 e. The molecule has 3 rings (SSSR count). The highest BCUT2D eigenvalue weighted by Crippen LogP contribution is 2.10. The average Bonchev–Trinajstić information content (AvgIpc) is 2.70. The number of benzene rings is 1. The summed E-state index contributed by atoms with van der Waals surface area (Å²) >= 11 is 5.32. The third kappa shape index (κ3) is 4.92. The summed E-state index contributed by atoms with van der Waals surface area (Å²) in [6, 6.07) is 12.9. The van der Waals surface area contributed by atoms with Gasteiger partial charge in [0.05, 0.1) is 22.6 Å². The predicted molar refractivity (Wildman–Crippen MR) is 113 cm³/mol.